The number of aryl methyl sites for hydroxylation is 2. The zero-order valence-electron chi connectivity index (χ0n) is 16.7. The lowest BCUT2D eigenvalue weighted by Crippen LogP contribution is -2.33. The summed E-state index contributed by atoms with van der Waals surface area (Å²) in [6.45, 7) is 14.2. The predicted molar refractivity (Wildman–Crippen MR) is 115 cm³/mol. The van der Waals surface area contributed by atoms with Crippen molar-refractivity contribution in [1.29, 1.82) is 0 Å². The molecule has 1 saturated heterocycles. The number of thiophene rings is 1. The molecule has 4 rings (SSSR count). The van der Waals surface area contributed by atoms with E-state index >= 15 is 0 Å². The molecule has 1 aliphatic heterocycles. The quantitative estimate of drug-likeness (QED) is 0.438. The molecule has 0 aliphatic carbocycles. The zero-order chi connectivity index (χ0) is 19.7. The first-order chi connectivity index (χ1) is 13.5. The lowest BCUT2D eigenvalue weighted by Gasteiger charge is -2.29. The topological polar surface area (TPSA) is 59.7 Å². The highest BCUT2D eigenvalue weighted by Gasteiger charge is 2.21. The smallest absolute Gasteiger partial charge is 0.197 e. The predicted octanol–water partition coefficient (Wildman–Crippen LogP) is 4.47. The van der Waals surface area contributed by atoms with E-state index in [0.717, 1.165) is 51.8 Å². The Balaban J connectivity index is 1.68. The Kier molecular flexibility index (Phi) is 5.80. The van der Waals surface area contributed by atoms with E-state index in [1.54, 1.807) is 29.4 Å². The molecule has 0 radical (unpaired) electrons. The van der Waals surface area contributed by atoms with E-state index in [2.05, 4.69) is 42.4 Å². The number of allylic oxidation sites excluding steroid dienone is 1. The van der Waals surface area contributed by atoms with Gasteiger partial charge in [0.1, 0.15) is 22.0 Å². The van der Waals surface area contributed by atoms with Crippen molar-refractivity contribution in [2.45, 2.75) is 56.9 Å². The van der Waals surface area contributed by atoms with Gasteiger partial charge in [0.2, 0.25) is 0 Å². The number of likely N-dealkylation sites (tertiary alicyclic amines) is 1. The van der Waals surface area contributed by atoms with Crippen LogP contribution in [0.15, 0.2) is 29.2 Å². The van der Waals surface area contributed by atoms with Crippen LogP contribution in [-0.4, -0.2) is 42.7 Å². The molecule has 3 aromatic heterocycles. The summed E-state index contributed by atoms with van der Waals surface area (Å²) in [5.74, 6) is 1.73. The van der Waals surface area contributed by atoms with E-state index < -0.39 is 0 Å². The molecular weight excluding hydrogens is 388 g/mol. The van der Waals surface area contributed by atoms with Gasteiger partial charge < -0.3 is 4.57 Å². The van der Waals surface area contributed by atoms with Gasteiger partial charge in [0.25, 0.3) is 0 Å². The minimum atomic E-state index is 0.685. The summed E-state index contributed by atoms with van der Waals surface area (Å²) in [7, 11) is 0. The highest BCUT2D eigenvalue weighted by molar-refractivity contribution is 7.99. The molecule has 0 unspecified atom stereocenters. The Morgan fingerprint density at radius 1 is 1.29 bits per heavy atom. The SMILES string of the molecule is C=CCn1cnnc1Sc1nc(CN2CCC(C)CC2)nc2sc(C)c(C)c12. The van der Waals surface area contributed by atoms with Crippen molar-refractivity contribution in [3.63, 3.8) is 0 Å². The Labute approximate surface area is 174 Å². The molecule has 148 valence electrons. The fourth-order valence-corrected chi connectivity index (χ4v) is 5.61. The molecule has 0 spiro atoms. The van der Waals surface area contributed by atoms with Crippen LogP contribution in [0.4, 0.5) is 0 Å². The van der Waals surface area contributed by atoms with Gasteiger partial charge in [-0.2, -0.15) is 0 Å². The molecule has 28 heavy (non-hydrogen) atoms. The number of rotatable bonds is 6. The number of nitrogens with zero attached hydrogens (tertiary/aromatic N) is 6. The van der Waals surface area contributed by atoms with Crippen molar-refractivity contribution in [2.75, 3.05) is 13.1 Å². The van der Waals surface area contributed by atoms with Crippen molar-refractivity contribution in [3.8, 4) is 0 Å². The Hall–Kier alpha value is -1.77. The summed E-state index contributed by atoms with van der Waals surface area (Å²) in [6, 6.07) is 0. The highest BCUT2D eigenvalue weighted by atomic mass is 32.2. The van der Waals surface area contributed by atoms with Crippen LogP contribution in [0, 0.1) is 19.8 Å². The lowest BCUT2D eigenvalue weighted by atomic mass is 9.99. The van der Waals surface area contributed by atoms with E-state index in [9.17, 15) is 0 Å². The van der Waals surface area contributed by atoms with Crippen LogP contribution in [-0.2, 0) is 13.1 Å². The summed E-state index contributed by atoms with van der Waals surface area (Å²) < 4.78 is 1.99. The average molecular weight is 415 g/mol. The molecule has 3 aromatic rings. The van der Waals surface area contributed by atoms with E-state index in [-0.39, 0.29) is 0 Å². The molecule has 0 aromatic carbocycles. The third-order valence-corrected chi connectivity index (χ3v) is 7.47. The molecule has 0 amide bonds. The third-order valence-electron chi connectivity index (χ3n) is 5.38. The van der Waals surface area contributed by atoms with Crippen LogP contribution in [0.1, 0.15) is 36.0 Å². The summed E-state index contributed by atoms with van der Waals surface area (Å²) in [4.78, 5) is 14.7. The van der Waals surface area contributed by atoms with Crippen LogP contribution in [0.3, 0.4) is 0 Å². The normalized spacial score (nSPS) is 16.1. The van der Waals surface area contributed by atoms with Crippen molar-refractivity contribution >= 4 is 33.3 Å². The maximum absolute atomic E-state index is 4.97. The second-order valence-electron chi connectivity index (χ2n) is 7.52. The molecule has 1 fully saturated rings. The first kappa shape index (κ1) is 19.5. The summed E-state index contributed by atoms with van der Waals surface area (Å²) in [6.07, 6.45) is 6.10. The number of fused-ring (bicyclic) bond motifs is 1. The molecule has 8 heteroatoms. The van der Waals surface area contributed by atoms with Crippen LogP contribution in [0.5, 0.6) is 0 Å². The minimum absolute atomic E-state index is 0.685. The van der Waals surface area contributed by atoms with Gasteiger partial charge in [-0.25, -0.2) is 9.97 Å². The first-order valence-corrected chi connectivity index (χ1v) is 11.3. The minimum Gasteiger partial charge on any atom is -0.304 e. The first-order valence-electron chi connectivity index (χ1n) is 9.70. The van der Waals surface area contributed by atoms with Gasteiger partial charge in [0.05, 0.1) is 6.54 Å². The fourth-order valence-electron chi connectivity index (χ4n) is 3.49. The van der Waals surface area contributed by atoms with Gasteiger partial charge >= 0.3 is 0 Å². The van der Waals surface area contributed by atoms with Crippen molar-refractivity contribution in [1.82, 2.24) is 29.6 Å². The Morgan fingerprint density at radius 3 is 2.82 bits per heavy atom. The lowest BCUT2D eigenvalue weighted by molar-refractivity contribution is 0.181. The Bertz CT molecular complexity index is 984. The molecule has 0 atom stereocenters. The van der Waals surface area contributed by atoms with Gasteiger partial charge in [0, 0.05) is 16.8 Å². The fraction of sp³-hybridized carbons (Fsp3) is 0.500. The molecular formula is C20H26N6S2. The maximum atomic E-state index is 4.97. The highest BCUT2D eigenvalue weighted by Crippen LogP contribution is 2.37. The van der Waals surface area contributed by atoms with Crippen LogP contribution in [0.25, 0.3) is 10.2 Å². The molecule has 1 aliphatic rings. The number of hydrogen-bond acceptors (Lipinski definition) is 7. The second kappa shape index (κ2) is 8.31. The monoisotopic (exact) mass is 414 g/mol. The largest absolute Gasteiger partial charge is 0.304 e. The van der Waals surface area contributed by atoms with E-state index in [1.165, 1.54) is 23.3 Å². The summed E-state index contributed by atoms with van der Waals surface area (Å²) >= 11 is 3.33. The summed E-state index contributed by atoms with van der Waals surface area (Å²) in [5, 5.41) is 11.3. The van der Waals surface area contributed by atoms with Crippen molar-refractivity contribution in [3.05, 3.63) is 35.2 Å². The summed E-state index contributed by atoms with van der Waals surface area (Å²) in [5.41, 5.74) is 1.26. The standard InChI is InChI=1S/C20H26N6S2/c1-5-8-26-12-21-24-20(26)28-19-17-14(3)15(4)27-18(17)22-16(23-19)11-25-9-6-13(2)7-10-25/h5,12-13H,1,6-11H2,2-4H3. The second-order valence-corrected chi connectivity index (χ2v) is 9.68. The molecule has 0 bridgehead atoms. The van der Waals surface area contributed by atoms with Crippen LogP contribution < -0.4 is 0 Å². The van der Waals surface area contributed by atoms with Crippen LogP contribution >= 0.6 is 23.1 Å². The van der Waals surface area contributed by atoms with E-state index in [4.69, 9.17) is 9.97 Å². The van der Waals surface area contributed by atoms with E-state index in [1.807, 2.05) is 10.6 Å². The third kappa shape index (κ3) is 3.99. The molecule has 4 heterocycles. The molecule has 0 saturated carbocycles. The number of hydrogen-bond donors (Lipinski definition) is 0. The van der Waals surface area contributed by atoms with Gasteiger partial charge in [-0.15, -0.1) is 28.1 Å². The number of piperidine rings is 1. The number of aromatic nitrogens is 5. The van der Waals surface area contributed by atoms with Crippen molar-refractivity contribution < 1.29 is 0 Å². The molecule has 6 nitrogen and oxygen atoms in total. The van der Waals surface area contributed by atoms with Crippen LogP contribution in [0.2, 0.25) is 0 Å². The maximum Gasteiger partial charge on any atom is 0.197 e. The zero-order valence-corrected chi connectivity index (χ0v) is 18.3. The Morgan fingerprint density at radius 2 is 2.07 bits per heavy atom. The van der Waals surface area contributed by atoms with Crippen molar-refractivity contribution in [2.24, 2.45) is 5.92 Å². The van der Waals surface area contributed by atoms with Gasteiger partial charge in [0.15, 0.2) is 5.16 Å². The average Bonchev–Trinajstić information content (AvgIpc) is 3.22. The van der Waals surface area contributed by atoms with E-state index in [0.29, 0.717) is 6.54 Å². The van der Waals surface area contributed by atoms with Gasteiger partial charge in [-0.05, 0) is 63.0 Å². The van der Waals surface area contributed by atoms with Gasteiger partial charge in [-0.1, -0.05) is 13.0 Å². The van der Waals surface area contributed by atoms with Gasteiger partial charge in [-0.3, -0.25) is 4.90 Å². The molecule has 0 N–H and O–H groups in total.